The molecule has 1 rings (SSSR count). The van der Waals surface area contributed by atoms with Gasteiger partial charge in [-0.2, -0.15) is 0 Å². The van der Waals surface area contributed by atoms with Gasteiger partial charge in [-0.25, -0.2) is 0 Å². The van der Waals surface area contributed by atoms with Crippen LogP contribution in [-0.2, 0) is 9.53 Å². The molecule has 106 valence electrons. The molecule has 0 aliphatic heterocycles. The molecule has 1 N–H and O–H groups in total. The predicted octanol–water partition coefficient (Wildman–Crippen LogP) is 1.94. The predicted molar refractivity (Wildman–Crippen MR) is 70.3 cm³/mol. The third kappa shape index (κ3) is 3.61. The minimum absolute atomic E-state index is 0.137. The fourth-order valence-electron chi connectivity index (χ4n) is 1.91. The number of esters is 1. The zero-order valence-corrected chi connectivity index (χ0v) is 11.7. The van der Waals surface area contributed by atoms with E-state index in [1.165, 1.54) is 21.3 Å². The van der Waals surface area contributed by atoms with Gasteiger partial charge in [0, 0.05) is 5.56 Å². The van der Waals surface area contributed by atoms with E-state index in [4.69, 9.17) is 9.47 Å². The number of carbonyl (C=O) groups excluding carboxylic acids is 1. The van der Waals surface area contributed by atoms with Crippen LogP contribution in [0.2, 0.25) is 0 Å². The van der Waals surface area contributed by atoms with Gasteiger partial charge in [-0.05, 0) is 12.0 Å². The molecule has 0 saturated heterocycles. The second-order valence-corrected chi connectivity index (χ2v) is 4.29. The molecule has 0 bridgehead atoms. The summed E-state index contributed by atoms with van der Waals surface area (Å²) < 4.78 is 15.1. The molecule has 0 aromatic heterocycles. The topological polar surface area (TPSA) is 65.0 Å². The zero-order valence-electron chi connectivity index (χ0n) is 11.7. The smallest absolute Gasteiger partial charge is 0.305 e. The Bertz CT molecular complexity index is 430. The van der Waals surface area contributed by atoms with Crippen LogP contribution in [0.1, 0.15) is 25.0 Å². The third-order valence-electron chi connectivity index (χ3n) is 3.01. The van der Waals surface area contributed by atoms with Crippen molar-refractivity contribution in [3.05, 3.63) is 23.8 Å². The van der Waals surface area contributed by atoms with Gasteiger partial charge in [0.05, 0.1) is 33.9 Å². The zero-order chi connectivity index (χ0) is 14.4. The van der Waals surface area contributed by atoms with E-state index in [9.17, 15) is 9.90 Å². The van der Waals surface area contributed by atoms with Crippen LogP contribution in [0, 0.1) is 5.92 Å². The molecule has 5 heteroatoms. The quantitative estimate of drug-likeness (QED) is 0.799. The van der Waals surface area contributed by atoms with Crippen LogP contribution in [-0.4, -0.2) is 32.4 Å². The van der Waals surface area contributed by atoms with Crippen molar-refractivity contribution in [1.29, 1.82) is 0 Å². The lowest BCUT2D eigenvalue weighted by atomic mass is 9.94. The molecule has 0 saturated carbocycles. The van der Waals surface area contributed by atoms with Crippen LogP contribution < -0.4 is 9.47 Å². The highest BCUT2D eigenvalue weighted by molar-refractivity contribution is 5.69. The van der Waals surface area contributed by atoms with Gasteiger partial charge in [-0.15, -0.1) is 0 Å². The van der Waals surface area contributed by atoms with E-state index in [1.807, 2.05) is 0 Å². The van der Waals surface area contributed by atoms with E-state index in [0.29, 0.717) is 17.1 Å². The van der Waals surface area contributed by atoms with Gasteiger partial charge in [0.1, 0.15) is 0 Å². The molecule has 0 fully saturated rings. The molecule has 0 aliphatic carbocycles. The van der Waals surface area contributed by atoms with Gasteiger partial charge in [0.15, 0.2) is 11.5 Å². The first-order valence-corrected chi connectivity index (χ1v) is 6.00. The number of ether oxygens (including phenoxy) is 3. The summed E-state index contributed by atoms with van der Waals surface area (Å²) in [4.78, 5) is 11.2. The summed E-state index contributed by atoms with van der Waals surface area (Å²) >= 11 is 0. The number of methoxy groups -OCH3 is 3. The lowest BCUT2D eigenvalue weighted by Crippen LogP contribution is -2.15. The molecule has 0 amide bonds. The summed E-state index contributed by atoms with van der Waals surface area (Å²) in [5, 5.41) is 10.3. The van der Waals surface area contributed by atoms with Crippen LogP contribution >= 0.6 is 0 Å². The lowest BCUT2D eigenvalue weighted by Gasteiger charge is -2.21. The van der Waals surface area contributed by atoms with Gasteiger partial charge in [-0.1, -0.05) is 19.1 Å². The molecule has 5 nitrogen and oxygen atoms in total. The number of rotatable bonds is 6. The molecule has 0 heterocycles. The molecule has 19 heavy (non-hydrogen) atoms. The maximum atomic E-state index is 11.2. The SMILES string of the molecule is COC(=O)CC(C)C(O)c1cccc(OC)c1OC. The van der Waals surface area contributed by atoms with E-state index in [-0.39, 0.29) is 18.3 Å². The Morgan fingerprint density at radius 3 is 2.47 bits per heavy atom. The molecule has 2 atom stereocenters. The minimum Gasteiger partial charge on any atom is -0.493 e. The minimum atomic E-state index is -0.829. The van der Waals surface area contributed by atoms with Crippen molar-refractivity contribution < 1.29 is 24.1 Å². The van der Waals surface area contributed by atoms with E-state index >= 15 is 0 Å². The number of para-hydroxylation sites is 1. The Hall–Kier alpha value is -1.75. The van der Waals surface area contributed by atoms with Gasteiger partial charge in [-0.3, -0.25) is 4.79 Å². The number of aliphatic hydroxyl groups excluding tert-OH is 1. The van der Waals surface area contributed by atoms with Crippen LogP contribution in [0.25, 0.3) is 0 Å². The Labute approximate surface area is 113 Å². The maximum absolute atomic E-state index is 11.2. The highest BCUT2D eigenvalue weighted by atomic mass is 16.5. The average Bonchev–Trinajstić information content (AvgIpc) is 2.44. The molecule has 1 aromatic rings. The van der Waals surface area contributed by atoms with E-state index in [0.717, 1.165) is 0 Å². The van der Waals surface area contributed by atoms with E-state index in [2.05, 4.69) is 4.74 Å². The summed E-state index contributed by atoms with van der Waals surface area (Å²) in [6.07, 6.45) is -0.693. The number of carbonyl (C=O) groups is 1. The molecule has 2 unspecified atom stereocenters. The number of hydrogen-bond donors (Lipinski definition) is 1. The van der Waals surface area contributed by atoms with Gasteiger partial charge in [0.25, 0.3) is 0 Å². The summed E-state index contributed by atoms with van der Waals surface area (Å²) in [7, 11) is 4.37. The van der Waals surface area contributed by atoms with E-state index in [1.54, 1.807) is 25.1 Å². The summed E-state index contributed by atoms with van der Waals surface area (Å²) in [6.45, 7) is 1.78. The number of hydrogen-bond acceptors (Lipinski definition) is 5. The lowest BCUT2D eigenvalue weighted by molar-refractivity contribution is -0.142. The third-order valence-corrected chi connectivity index (χ3v) is 3.01. The average molecular weight is 268 g/mol. The van der Waals surface area contributed by atoms with Crippen LogP contribution in [0.5, 0.6) is 11.5 Å². The molecule has 0 spiro atoms. The van der Waals surface area contributed by atoms with Crippen molar-refractivity contribution in [1.82, 2.24) is 0 Å². The molecular formula is C14H20O5. The molecule has 0 radical (unpaired) electrons. The first-order valence-electron chi connectivity index (χ1n) is 6.00. The fraction of sp³-hybridized carbons (Fsp3) is 0.500. The van der Waals surface area contributed by atoms with Crippen molar-refractivity contribution in [2.24, 2.45) is 5.92 Å². The van der Waals surface area contributed by atoms with Crippen LogP contribution in [0.15, 0.2) is 18.2 Å². The van der Waals surface area contributed by atoms with E-state index < -0.39 is 6.10 Å². The second-order valence-electron chi connectivity index (χ2n) is 4.29. The highest BCUT2D eigenvalue weighted by Gasteiger charge is 2.24. The standard InChI is InChI=1S/C14H20O5/c1-9(8-12(15)18-3)13(16)10-6-5-7-11(17-2)14(10)19-4/h5-7,9,13,16H,8H2,1-4H3. The van der Waals surface area contributed by atoms with Crippen molar-refractivity contribution in [3.8, 4) is 11.5 Å². The normalized spacial score (nSPS) is 13.5. The van der Waals surface area contributed by atoms with Crippen molar-refractivity contribution in [2.75, 3.05) is 21.3 Å². The Kier molecular flexibility index (Phi) is 5.63. The highest BCUT2D eigenvalue weighted by Crippen LogP contribution is 2.37. The fourth-order valence-corrected chi connectivity index (χ4v) is 1.91. The monoisotopic (exact) mass is 268 g/mol. The van der Waals surface area contributed by atoms with Crippen LogP contribution in [0.3, 0.4) is 0 Å². The second kappa shape index (κ2) is 6.99. The maximum Gasteiger partial charge on any atom is 0.305 e. The van der Waals surface area contributed by atoms with Gasteiger partial charge in [0.2, 0.25) is 0 Å². The largest absolute Gasteiger partial charge is 0.493 e. The van der Waals surface area contributed by atoms with Crippen molar-refractivity contribution in [3.63, 3.8) is 0 Å². The van der Waals surface area contributed by atoms with Gasteiger partial charge < -0.3 is 19.3 Å². The Morgan fingerprint density at radius 1 is 1.26 bits per heavy atom. The van der Waals surface area contributed by atoms with Crippen molar-refractivity contribution in [2.45, 2.75) is 19.4 Å². The first kappa shape index (κ1) is 15.3. The first-order chi connectivity index (χ1) is 9.04. The summed E-state index contributed by atoms with van der Waals surface area (Å²) in [5.74, 6) is 0.389. The summed E-state index contributed by atoms with van der Waals surface area (Å²) in [6, 6.07) is 5.27. The van der Waals surface area contributed by atoms with Gasteiger partial charge >= 0.3 is 5.97 Å². The summed E-state index contributed by atoms with van der Waals surface area (Å²) in [5.41, 5.74) is 0.596. The molecular weight excluding hydrogens is 248 g/mol. The Balaban J connectivity index is 2.98. The molecule has 0 aliphatic rings. The van der Waals surface area contributed by atoms with Crippen molar-refractivity contribution >= 4 is 5.97 Å². The molecule has 1 aromatic carbocycles. The van der Waals surface area contributed by atoms with Crippen LogP contribution in [0.4, 0.5) is 0 Å². The Morgan fingerprint density at radius 2 is 1.95 bits per heavy atom. The number of benzene rings is 1. The number of aliphatic hydroxyl groups is 1.